The smallest absolute Gasteiger partial charge is 0.272 e. The second kappa shape index (κ2) is 8.37. The third-order valence-electron chi connectivity index (χ3n) is 5.55. The van der Waals surface area contributed by atoms with Gasteiger partial charge < -0.3 is 4.90 Å². The van der Waals surface area contributed by atoms with Gasteiger partial charge in [0.25, 0.3) is 5.91 Å². The van der Waals surface area contributed by atoms with Crippen LogP contribution in [0.3, 0.4) is 0 Å². The van der Waals surface area contributed by atoms with Crippen LogP contribution in [-0.4, -0.2) is 38.7 Å². The molecule has 2 aromatic heterocycles. The Morgan fingerprint density at radius 2 is 2.07 bits per heavy atom. The summed E-state index contributed by atoms with van der Waals surface area (Å²) in [6, 6.07) is 14.0. The number of halogens is 1. The van der Waals surface area contributed by atoms with E-state index in [4.69, 9.17) is 16.6 Å². The van der Waals surface area contributed by atoms with E-state index in [1.807, 2.05) is 30.0 Å². The molecule has 1 aliphatic rings. The van der Waals surface area contributed by atoms with Gasteiger partial charge >= 0.3 is 0 Å². The molecule has 6 heteroatoms. The van der Waals surface area contributed by atoms with E-state index in [0.29, 0.717) is 12.2 Å². The first-order valence-corrected chi connectivity index (χ1v) is 10.4. The minimum atomic E-state index is 0.0404. The van der Waals surface area contributed by atoms with Crippen molar-refractivity contribution in [3.8, 4) is 0 Å². The summed E-state index contributed by atoms with van der Waals surface area (Å²) in [5.74, 6) is 0.282. The number of aromatic nitrogens is 3. The Hall–Kier alpha value is -2.66. The van der Waals surface area contributed by atoms with Gasteiger partial charge in [-0.15, -0.1) is 0 Å². The monoisotopic (exact) mass is 408 g/mol. The van der Waals surface area contributed by atoms with Crippen molar-refractivity contribution >= 4 is 17.5 Å². The van der Waals surface area contributed by atoms with Crippen molar-refractivity contribution in [1.29, 1.82) is 0 Å². The summed E-state index contributed by atoms with van der Waals surface area (Å²) in [5, 5.41) is 4.91. The van der Waals surface area contributed by atoms with E-state index in [1.165, 1.54) is 5.56 Å². The molecule has 4 rings (SSSR count). The van der Waals surface area contributed by atoms with Gasteiger partial charge in [-0.1, -0.05) is 29.8 Å². The van der Waals surface area contributed by atoms with E-state index in [1.54, 1.807) is 24.0 Å². The Kier molecular flexibility index (Phi) is 5.67. The van der Waals surface area contributed by atoms with E-state index in [0.717, 1.165) is 47.8 Å². The third kappa shape index (κ3) is 4.35. The third-order valence-corrected chi connectivity index (χ3v) is 5.92. The molecule has 1 amide bonds. The van der Waals surface area contributed by atoms with Crippen LogP contribution < -0.4 is 0 Å². The Morgan fingerprint density at radius 3 is 2.83 bits per heavy atom. The summed E-state index contributed by atoms with van der Waals surface area (Å²) >= 11 is 6.35. The molecule has 0 saturated carbocycles. The lowest BCUT2D eigenvalue weighted by Gasteiger charge is -2.32. The molecule has 1 fully saturated rings. The van der Waals surface area contributed by atoms with Gasteiger partial charge in [0.2, 0.25) is 0 Å². The van der Waals surface area contributed by atoms with Crippen molar-refractivity contribution in [3.63, 3.8) is 0 Å². The quantitative estimate of drug-likeness (QED) is 0.643. The maximum atomic E-state index is 12.9. The van der Waals surface area contributed by atoms with Gasteiger partial charge in [-0.05, 0) is 61.6 Å². The van der Waals surface area contributed by atoms with Crippen molar-refractivity contribution in [1.82, 2.24) is 19.7 Å². The summed E-state index contributed by atoms with van der Waals surface area (Å²) in [5.41, 5.74) is 5.01. The number of likely N-dealkylation sites (tertiary alicyclic amines) is 1. The lowest BCUT2D eigenvalue weighted by atomic mass is 9.92. The van der Waals surface area contributed by atoms with Gasteiger partial charge in [-0.25, -0.2) is 0 Å². The van der Waals surface area contributed by atoms with Crippen molar-refractivity contribution in [2.45, 2.75) is 32.1 Å². The number of hydrogen-bond donors (Lipinski definition) is 0. The Morgan fingerprint density at radius 1 is 1.24 bits per heavy atom. The second-order valence-corrected chi connectivity index (χ2v) is 8.15. The maximum absolute atomic E-state index is 12.9. The lowest BCUT2D eigenvalue weighted by Crippen LogP contribution is -2.40. The second-order valence-electron chi connectivity index (χ2n) is 7.74. The van der Waals surface area contributed by atoms with E-state index in [2.05, 4.69) is 23.3 Å². The molecule has 29 heavy (non-hydrogen) atoms. The zero-order chi connectivity index (χ0) is 20.4. The van der Waals surface area contributed by atoms with Crippen LogP contribution in [0.1, 0.15) is 51.8 Å². The lowest BCUT2D eigenvalue weighted by molar-refractivity contribution is 0.0694. The number of carbonyl (C=O) groups excluding carboxylic acids is 1. The summed E-state index contributed by atoms with van der Waals surface area (Å²) in [7, 11) is 1.80. The average Bonchev–Trinajstić information content (AvgIpc) is 3.15. The number of aryl methyl sites for hydroxylation is 2. The molecule has 3 heterocycles. The van der Waals surface area contributed by atoms with Gasteiger partial charge in [0.05, 0.1) is 0 Å². The van der Waals surface area contributed by atoms with Gasteiger partial charge in [0.15, 0.2) is 0 Å². The minimum absolute atomic E-state index is 0.0404. The number of piperidine rings is 1. The highest BCUT2D eigenvalue weighted by molar-refractivity contribution is 6.31. The maximum Gasteiger partial charge on any atom is 0.272 e. The highest BCUT2D eigenvalue weighted by atomic mass is 35.5. The molecule has 0 radical (unpaired) electrons. The highest BCUT2D eigenvalue weighted by Gasteiger charge is 2.27. The number of carbonyl (C=O) groups is 1. The van der Waals surface area contributed by atoms with Crippen LogP contribution in [0.15, 0.2) is 48.7 Å². The van der Waals surface area contributed by atoms with Gasteiger partial charge in [-0.3, -0.25) is 14.5 Å². The van der Waals surface area contributed by atoms with Crippen molar-refractivity contribution < 1.29 is 4.79 Å². The van der Waals surface area contributed by atoms with Crippen LogP contribution in [0.25, 0.3) is 0 Å². The van der Waals surface area contributed by atoms with Crippen molar-refractivity contribution in [2.75, 3.05) is 13.1 Å². The Bertz CT molecular complexity index is 1030. The first-order chi connectivity index (χ1) is 14.0. The van der Waals surface area contributed by atoms with Crippen LogP contribution in [0.2, 0.25) is 5.02 Å². The van der Waals surface area contributed by atoms with Crippen LogP contribution in [0, 0.1) is 6.92 Å². The SMILES string of the molecule is Cc1cc(Cc2ccccc2Cl)cc([C@@H]2CCCN(C(=O)c3ccnn3C)C2)n1. The summed E-state index contributed by atoms with van der Waals surface area (Å²) in [6.07, 6.45) is 4.46. The molecule has 1 atom stereocenters. The molecule has 0 spiro atoms. The molecule has 3 aromatic rings. The van der Waals surface area contributed by atoms with E-state index >= 15 is 0 Å². The summed E-state index contributed by atoms with van der Waals surface area (Å²) in [6.45, 7) is 3.49. The number of pyridine rings is 1. The summed E-state index contributed by atoms with van der Waals surface area (Å²) in [4.78, 5) is 19.6. The molecule has 150 valence electrons. The number of rotatable bonds is 4. The number of hydrogen-bond acceptors (Lipinski definition) is 3. The van der Waals surface area contributed by atoms with Crippen LogP contribution in [0.4, 0.5) is 0 Å². The molecule has 0 bridgehead atoms. The normalized spacial score (nSPS) is 16.8. The number of benzene rings is 1. The predicted octanol–water partition coefficient (Wildman–Crippen LogP) is 4.39. The fourth-order valence-electron chi connectivity index (χ4n) is 4.09. The molecular weight excluding hydrogens is 384 g/mol. The average molecular weight is 409 g/mol. The minimum Gasteiger partial charge on any atom is -0.337 e. The Balaban J connectivity index is 1.54. The van der Waals surface area contributed by atoms with Crippen molar-refractivity contribution in [2.24, 2.45) is 7.05 Å². The van der Waals surface area contributed by atoms with E-state index in [-0.39, 0.29) is 11.8 Å². The first kappa shape index (κ1) is 19.6. The van der Waals surface area contributed by atoms with Gasteiger partial charge in [0, 0.05) is 48.7 Å². The number of amides is 1. The molecular formula is C23H25ClN4O. The molecule has 1 saturated heterocycles. The zero-order valence-electron chi connectivity index (χ0n) is 16.8. The van der Waals surface area contributed by atoms with Gasteiger partial charge in [-0.2, -0.15) is 5.10 Å². The van der Waals surface area contributed by atoms with Crippen LogP contribution >= 0.6 is 11.6 Å². The van der Waals surface area contributed by atoms with Crippen molar-refractivity contribution in [3.05, 3.63) is 81.9 Å². The molecule has 0 unspecified atom stereocenters. The molecule has 1 aromatic carbocycles. The zero-order valence-corrected chi connectivity index (χ0v) is 17.6. The van der Waals surface area contributed by atoms with E-state index in [9.17, 15) is 4.79 Å². The van der Waals surface area contributed by atoms with Crippen LogP contribution in [0.5, 0.6) is 0 Å². The van der Waals surface area contributed by atoms with E-state index < -0.39 is 0 Å². The topological polar surface area (TPSA) is 51.0 Å². The summed E-state index contributed by atoms with van der Waals surface area (Å²) < 4.78 is 1.64. The predicted molar refractivity (Wildman–Crippen MR) is 114 cm³/mol. The molecule has 1 aliphatic heterocycles. The standard InChI is InChI=1S/C23H25ClN4O/c1-16-12-17(13-18-6-3-4-8-20(18)24)14-21(26-16)19-7-5-11-28(15-19)23(29)22-9-10-25-27(22)2/h3-4,6,8-10,12,14,19H,5,7,11,13,15H2,1-2H3/t19-/m1/s1. The Labute approximate surface area is 176 Å². The van der Waals surface area contributed by atoms with Gasteiger partial charge in [0.1, 0.15) is 5.69 Å². The number of nitrogens with zero attached hydrogens (tertiary/aromatic N) is 4. The highest BCUT2D eigenvalue weighted by Crippen LogP contribution is 2.28. The fourth-order valence-corrected chi connectivity index (χ4v) is 4.29. The van der Waals surface area contributed by atoms with Crippen LogP contribution in [-0.2, 0) is 13.5 Å². The molecule has 5 nitrogen and oxygen atoms in total. The first-order valence-electron chi connectivity index (χ1n) is 9.99. The fraction of sp³-hybridized carbons (Fsp3) is 0.348. The molecule has 0 N–H and O–H groups in total. The largest absolute Gasteiger partial charge is 0.337 e. The molecule has 0 aliphatic carbocycles.